The zero-order valence-corrected chi connectivity index (χ0v) is 11.7. The topological polar surface area (TPSA) is 51.0 Å². The van der Waals surface area contributed by atoms with Crippen molar-refractivity contribution in [2.45, 2.75) is 18.8 Å². The van der Waals surface area contributed by atoms with Crippen molar-refractivity contribution in [2.75, 3.05) is 13.1 Å². The van der Waals surface area contributed by atoms with Crippen LogP contribution in [0.15, 0.2) is 47.0 Å². The van der Waals surface area contributed by atoms with Crippen molar-refractivity contribution in [1.29, 1.82) is 0 Å². The van der Waals surface area contributed by atoms with Crippen LogP contribution in [-0.4, -0.2) is 23.2 Å². The van der Waals surface area contributed by atoms with E-state index in [1.54, 1.807) is 0 Å². The summed E-state index contributed by atoms with van der Waals surface area (Å²) in [5.74, 6) is 1.86. The highest BCUT2D eigenvalue weighted by molar-refractivity contribution is 5.86. The molecule has 1 saturated heterocycles. The Morgan fingerprint density at radius 1 is 1.00 bits per heavy atom. The molecule has 0 unspecified atom stereocenters. The molecule has 4 rings (SSSR count). The lowest BCUT2D eigenvalue weighted by atomic mass is 9.98. The number of piperidine rings is 1. The van der Waals surface area contributed by atoms with Crippen molar-refractivity contribution in [3.63, 3.8) is 0 Å². The monoisotopic (exact) mass is 279 g/mol. The Kier molecular flexibility index (Phi) is 3.16. The SMILES string of the molecule is c1ccc2cc(-c3noc(C4CCNCC4)n3)ccc2c1. The second kappa shape index (κ2) is 5.30. The van der Waals surface area contributed by atoms with Crippen LogP contribution in [0.3, 0.4) is 0 Å². The van der Waals surface area contributed by atoms with Gasteiger partial charge in [0.05, 0.1) is 0 Å². The van der Waals surface area contributed by atoms with E-state index in [2.05, 4.69) is 45.8 Å². The van der Waals surface area contributed by atoms with E-state index in [-0.39, 0.29) is 0 Å². The van der Waals surface area contributed by atoms with Crippen LogP contribution in [0.2, 0.25) is 0 Å². The molecule has 1 aliphatic heterocycles. The third kappa shape index (κ3) is 2.43. The summed E-state index contributed by atoms with van der Waals surface area (Å²) in [6.45, 7) is 2.05. The summed E-state index contributed by atoms with van der Waals surface area (Å²) in [4.78, 5) is 4.61. The van der Waals surface area contributed by atoms with Gasteiger partial charge in [0, 0.05) is 11.5 Å². The molecule has 4 nitrogen and oxygen atoms in total. The molecule has 4 heteroatoms. The molecule has 0 amide bonds. The number of hydrogen-bond donors (Lipinski definition) is 1. The summed E-state index contributed by atoms with van der Waals surface area (Å²) in [5, 5.41) is 9.94. The van der Waals surface area contributed by atoms with Gasteiger partial charge in [-0.25, -0.2) is 0 Å². The van der Waals surface area contributed by atoms with Gasteiger partial charge in [-0.3, -0.25) is 0 Å². The molecule has 2 aromatic carbocycles. The third-order valence-corrected chi connectivity index (χ3v) is 4.14. The number of aromatic nitrogens is 2. The van der Waals surface area contributed by atoms with Gasteiger partial charge in [-0.15, -0.1) is 0 Å². The summed E-state index contributed by atoms with van der Waals surface area (Å²) >= 11 is 0. The summed E-state index contributed by atoms with van der Waals surface area (Å²) in [5.41, 5.74) is 1.01. The highest BCUT2D eigenvalue weighted by Crippen LogP contribution is 2.27. The minimum absolute atomic E-state index is 0.396. The molecule has 0 radical (unpaired) electrons. The molecule has 1 N–H and O–H groups in total. The second-order valence-electron chi connectivity index (χ2n) is 5.54. The minimum atomic E-state index is 0.396. The van der Waals surface area contributed by atoms with Crippen LogP contribution in [0.25, 0.3) is 22.2 Å². The van der Waals surface area contributed by atoms with E-state index in [0.717, 1.165) is 37.4 Å². The number of benzene rings is 2. The molecular weight excluding hydrogens is 262 g/mol. The van der Waals surface area contributed by atoms with Gasteiger partial charge in [0.25, 0.3) is 0 Å². The summed E-state index contributed by atoms with van der Waals surface area (Å²) in [6.07, 6.45) is 2.14. The predicted octanol–water partition coefficient (Wildman–Crippen LogP) is 3.36. The van der Waals surface area contributed by atoms with Crippen LogP contribution in [0.1, 0.15) is 24.7 Å². The predicted molar refractivity (Wildman–Crippen MR) is 82.1 cm³/mol. The van der Waals surface area contributed by atoms with Gasteiger partial charge in [0.1, 0.15) is 0 Å². The molecule has 0 spiro atoms. The van der Waals surface area contributed by atoms with Gasteiger partial charge >= 0.3 is 0 Å². The fourth-order valence-corrected chi connectivity index (χ4v) is 2.92. The third-order valence-electron chi connectivity index (χ3n) is 4.14. The Labute approximate surface area is 123 Å². The Morgan fingerprint density at radius 3 is 2.67 bits per heavy atom. The average Bonchev–Trinajstić information content (AvgIpc) is 3.05. The van der Waals surface area contributed by atoms with Gasteiger partial charge in [0.2, 0.25) is 11.7 Å². The largest absolute Gasteiger partial charge is 0.339 e. The summed E-state index contributed by atoms with van der Waals surface area (Å²) in [7, 11) is 0. The van der Waals surface area contributed by atoms with E-state index >= 15 is 0 Å². The van der Waals surface area contributed by atoms with E-state index in [9.17, 15) is 0 Å². The van der Waals surface area contributed by atoms with Crippen molar-refractivity contribution >= 4 is 10.8 Å². The number of rotatable bonds is 2. The molecule has 3 aromatic rings. The zero-order chi connectivity index (χ0) is 14.1. The normalized spacial score (nSPS) is 16.4. The summed E-state index contributed by atoms with van der Waals surface area (Å²) < 4.78 is 5.48. The number of nitrogens with one attached hydrogen (secondary N) is 1. The Bertz CT molecular complexity index is 759. The molecule has 106 valence electrons. The van der Waals surface area contributed by atoms with E-state index in [1.807, 2.05) is 12.1 Å². The highest BCUT2D eigenvalue weighted by Gasteiger charge is 2.21. The fraction of sp³-hybridized carbons (Fsp3) is 0.294. The number of nitrogens with zero attached hydrogens (tertiary/aromatic N) is 2. The van der Waals surface area contributed by atoms with Crippen LogP contribution in [0, 0.1) is 0 Å². The van der Waals surface area contributed by atoms with Crippen LogP contribution in [0.4, 0.5) is 0 Å². The first-order chi connectivity index (χ1) is 10.4. The van der Waals surface area contributed by atoms with E-state index in [4.69, 9.17) is 4.52 Å². The van der Waals surface area contributed by atoms with Gasteiger partial charge in [-0.05, 0) is 42.8 Å². The fourth-order valence-electron chi connectivity index (χ4n) is 2.92. The zero-order valence-electron chi connectivity index (χ0n) is 11.7. The van der Waals surface area contributed by atoms with Crippen LogP contribution < -0.4 is 5.32 Å². The lowest BCUT2D eigenvalue weighted by molar-refractivity contribution is 0.320. The molecule has 0 atom stereocenters. The van der Waals surface area contributed by atoms with Crippen LogP contribution >= 0.6 is 0 Å². The van der Waals surface area contributed by atoms with Crippen molar-refractivity contribution in [2.24, 2.45) is 0 Å². The van der Waals surface area contributed by atoms with Crippen LogP contribution in [-0.2, 0) is 0 Å². The molecule has 0 aliphatic carbocycles. The van der Waals surface area contributed by atoms with E-state index < -0.39 is 0 Å². The maximum absolute atomic E-state index is 5.48. The lowest BCUT2D eigenvalue weighted by Gasteiger charge is -2.18. The molecule has 1 fully saturated rings. The first kappa shape index (κ1) is 12.5. The smallest absolute Gasteiger partial charge is 0.230 e. The second-order valence-corrected chi connectivity index (χ2v) is 5.54. The number of fused-ring (bicyclic) bond motifs is 1. The maximum Gasteiger partial charge on any atom is 0.230 e. The molecule has 2 heterocycles. The Hall–Kier alpha value is -2.20. The summed E-state index contributed by atoms with van der Waals surface area (Å²) in [6, 6.07) is 14.6. The first-order valence-corrected chi connectivity index (χ1v) is 7.44. The minimum Gasteiger partial charge on any atom is -0.339 e. The molecule has 1 aliphatic rings. The molecule has 0 bridgehead atoms. The molecule has 0 saturated carbocycles. The van der Waals surface area contributed by atoms with Gasteiger partial charge in [0.15, 0.2) is 0 Å². The standard InChI is InChI=1S/C17H17N3O/c1-2-4-14-11-15(6-5-12(14)3-1)16-19-17(21-20-16)13-7-9-18-10-8-13/h1-6,11,13,18H,7-10H2. The van der Waals surface area contributed by atoms with Gasteiger partial charge in [-0.1, -0.05) is 41.6 Å². The number of hydrogen-bond acceptors (Lipinski definition) is 4. The molecule has 1 aromatic heterocycles. The molecular formula is C17H17N3O. The van der Waals surface area contributed by atoms with Crippen molar-refractivity contribution in [1.82, 2.24) is 15.5 Å². The quantitative estimate of drug-likeness (QED) is 0.781. The van der Waals surface area contributed by atoms with E-state index in [0.29, 0.717) is 11.7 Å². The average molecular weight is 279 g/mol. The Morgan fingerprint density at radius 2 is 1.81 bits per heavy atom. The Balaban J connectivity index is 1.67. The molecule has 21 heavy (non-hydrogen) atoms. The van der Waals surface area contributed by atoms with Gasteiger partial charge < -0.3 is 9.84 Å². The van der Waals surface area contributed by atoms with Crippen molar-refractivity contribution in [3.05, 3.63) is 48.4 Å². The maximum atomic E-state index is 5.48. The van der Waals surface area contributed by atoms with E-state index in [1.165, 1.54) is 10.8 Å². The van der Waals surface area contributed by atoms with Gasteiger partial charge in [-0.2, -0.15) is 4.98 Å². The van der Waals surface area contributed by atoms with Crippen molar-refractivity contribution < 1.29 is 4.52 Å². The first-order valence-electron chi connectivity index (χ1n) is 7.44. The van der Waals surface area contributed by atoms with Crippen LogP contribution in [0.5, 0.6) is 0 Å². The van der Waals surface area contributed by atoms with Crippen molar-refractivity contribution in [3.8, 4) is 11.4 Å². The lowest BCUT2D eigenvalue weighted by Crippen LogP contribution is -2.26. The highest BCUT2D eigenvalue weighted by atomic mass is 16.5.